The topological polar surface area (TPSA) is 35.5 Å². The Morgan fingerprint density at radius 1 is 1.64 bits per heavy atom. The molecule has 0 amide bonds. The van der Waals surface area contributed by atoms with E-state index in [-0.39, 0.29) is 0 Å². The van der Waals surface area contributed by atoms with Crippen molar-refractivity contribution in [3.8, 4) is 0 Å². The lowest BCUT2D eigenvalue weighted by Gasteiger charge is -2.15. The van der Waals surface area contributed by atoms with Gasteiger partial charge in [-0.15, -0.1) is 0 Å². The van der Waals surface area contributed by atoms with Gasteiger partial charge in [-0.05, 0) is 0 Å². The number of rotatable bonds is 1. The Labute approximate surface area is 60.1 Å². The zero-order chi connectivity index (χ0) is 8.65. The molecule has 1 saturated heterocycles. The van der Waals surface area contributed by atoms with Gasteiger partial charge in [0.2, 0.25) is 6.10 Å². The second-order valence-electron chi connectivity index (χ2n) is 2.21. The van der Waals surface area contributed by atoms with Crippen LogP contribution >= 0.6 is 0 Å². The zero-order valence-corrected chi connectivity index (χ0v) is 5.51. The minimum absolute atomic E-state index is 0.717. The molecule has 0 aromatic rings. The van der Waals surface area contributed by atoms with Crippen LogP contribution in [0.15, 0.2) is 0 Å². The van der Waals surface area contributed by atoms with Crippen LogP contribution in [0.3, 0.4) is 0 Å². The van der Waals surface area contributed by atoms with Crippen molar-refractivity contribution < 1.29 is 27.4 Å². The van der Waals surface area contributed by atoms with Gasteiger partial charge in [-0.25, -0.2) is 13.6 Å². The minimum atomic E-state index is -3.07. The van der Waals surface area contributed by atoms with Crippen molar-refractivity contribution in [1.29, 1.82) is 0 Å². The predicted octanol–water partition coefficient (Wildman–Crippen LogP) is 1.47. The number of alkyl halides is 3. The molecule has 0 aromatic heterocycles. The van der Waals surface area contributed by atoms with Gasteiger partial charge in [0.1, 0.15) is 0 Å². The normalized spacial score (nSPS) is 37.2. The Kier molecular flexibility index (Phi) is 1.69. The van der Waals surface area contributed by atoms with Crippen molar-refractivity contribution in [2.45, 2.75) is 25.3 Å². The summed E-state index contributed by atoms with van der Waals surface area (Å²) in [6, 6.07) is 0. The summed E-state index contributed by atoms with van der Waals surface area (Å²) in [5.41, 5.74) is 0. The smallest absolute Gasteiger partial charge is 0.417 e. The van der Waals surface area contributed by atoms with Gasteiger partial charge in [0.15, 0.2) is 0 Å². The fourth-order valence-corrected chi connectivity index (χ4v) is 0.730. The molecule has 1 rings (SSSR count). The molecular weight excluding hydrogens is 165 g/mol. The summed E-state index contributed by atoms with van der Waals surface area (Å²) in [5.74, 6) is -2.72. The second kappa shape index (κ2) is 2.28. The van der Waals surface area contributed by atoms with Gasteiger partial charge in [-0.2, -0.15) is 4.39 Å². The van der Waals surface area contributed by atoms with E-state index in [1.807, 2.05) is 0 Å². The molecular formula is C5H5F3O3. The standard InChI is InChI=1S/C5H5F3O3/c1-5(8)2(3(6)7)10-4(9)11-5/h2-3H,1H3. The third kappa shape index (κ3) is 1.38. The van der Waals surface area contributed by atoms with E-state index < -0.39 is 24.5 Å². The SMILES string of the molecule is CC1(F)OC(=O)OC1C(F)F. The van der Waals surface area contributed by atoms with Crippen LogP contribution in [0, 0.1) is 0 Å². The third-order valence-electron chi connectivity index (χ3n) is 1.24. The first-order chi connectivity index (χ1) is 4.93. The first kappa shape index (κ1) is 8.16. The van der Waals surface area contributed by atoms with E-state index in [2.05, 4.69) is 9.47 Å². The van der Waals surface area contributed by atoms with Gasteiger partial charge in [0.25, 0.3) is 12.3 Å². The van der Waals surface area contributed by atoms with Gasteiger partial charge in [-0.3, -0.25) is 0 Å². The molecule has 0 radical (unpaired) electrons. The van der Waals surface area contributed by atoms with Crippen LogP contribution in [0.5, 0.6) is 0 Å². The molecule has 1 aliphatic heterocycles. The average molecular weight is 170 g/mol. The summed E-state index contributed by atoms with van der Waals surface area (Å²) in [7, 11) is 0. The number of carbonyl (C=O) groups excluding carboxylic acids is 1. The first-order valence-corrected chi connectivity index (χ1v) is 2.80. The van der Waals surface area contributed by atoms with Gasteiger partial charge in [0.05, 0.1) is 0 Å². The molecule has 2 atom stereocenters. The highest BCUT2D eigenvalue weighted by Gasteiger charge is 2.53. The summed E-state index contributed by atoms with van der Waals surface area (Å²) in [5, 5.41) is 0. The molecule has 1 aliphatic rings. The van der Waals surface area contributed by atoms with Gasteiger partial charge in [0, 0.05) is 6.92 Å². The highest BCUT2D eigenvalue weighted by molar-refractivity contribution is 5.63. The molecule has 0 bridgehead atoms. The minimum Gasteiger partial charge on any atom is -0.417 e. The van der Waals surface area contributed by atoms with Crippen LogP contribution in [0.2, 0.25) is 0 Å². The molecule has 1 heterocycles. The highest BCUT2D eigenvalue weighted by atomic mass is 19.3. The van der Waals surface area contributed by atoms with Crippen LogP contribution in [-0.2, 0) is 9.47 Å². The fraction of sp³-hybridized carbons (Fsp3) is 0.800. The number of halogens is 3. The number of carbonyl (C=O) groups is 1. The summed E-state index contributed by atoms with van der Waals surface area (Å²) < 4.78 is 44.0. The highest BCUT2D eigenvalue weighted by Crippen LogP contribution is 2.31. The Hall–Kier alpha value is -0.940. The van der Waals surface area contributed by atoms with Crippen molar-refractivity contribution in [1.82, 2.24) is 0 Å². The van der Waals surface area contributed by atoms with E-state index >= 15 is 0 Å². The number of hydrogen-bond acceptors (Lipinski definition) is 3. The Bertz CT molecular complexity index is 180. The molecule has 0 aliphatic carbocycles. The van der Waals surface area contributed by atoms with E-state index in [1.54, 1.807) is 0 Å². The molecule has 1 fully saturated rings. The van der Waals surface area contributed by atoms with Crippen LogP contribution < -0.4 is 0 Å². The van der Waals surface area contributed by atoms with Gasteiger partial charge >= 0.3 is 6.16 Å². The van der Waals surface area contributed by atoms with Gasteiger partial charge < -0.3 is 9.47 Å². The van der Waals surface area contributed by atoms with E-state index in [0.717, 1.165) is 0 Å². The molecule has 2 unspecified atom stereocenters. The number of cyclic esters (lactones) is 2. The lowest BCUT2D eigenvalue weighted by atomic mass is 10.2. The molecule has 64 valence electrons. The van der Waals surface area contributed by atoms with Crippen molar-refractivity contribution in [2.24, 2.45) is 0 Å². The van der Waals surface area contributed by atoms with Crippen LogP contribution in [-0.4, -0.2) is 24.5 Å². The van der Waals surface area contributed by atoms with E-state index in [0.29, 0.717) is 6.92 Å². The first-order valence-electron chi connectivity index (χ1n) is 2.80. The maximum absolute atomic E-state index is 12.7. The summed E-state index contributed by atoms with van der Waals surface area (Å²) in [6.07, 6.45) is -6.59. The monoisotopic (exact) mass is 170 g/mol. The molecule has 3 nitrogen and oxygen atoms in total. The average Bonchev–Trinajstić information content (AvgIpc) is 2.04. The summed E-state index contributed by atoms with van der Waals surface area (Å²) in [4.78, 5) is 10.2. The molecule has 0 spiro atoms. The summed E-state index contributed by atoms with van der Waals surface area (Å²) in [6.45, 7) is 0.717. The maximum Gasteiger partial charge on any atom is 0.511 e. The van der Waals surface area contributed by atoms with Crippen LogP contribution in [0.4, 0.5) is 18.0 Å². The molecule has 0 aromatic carbocycles. The third-order valence-corrected chi connectivity index (χ3v) is 1.24. The van der Waals surface area contributed by atoms with E-state index in [4.69, 9.17) is 0 Å². The second-order valence-corrected chi connectivity index (χ2v) is 2.21. The fourth-order valence-electron chi connectivity index (χ4n) is 0.730. The number of hydrogen-bond donors (Lipinski definition) is 0. The Morgan fingerprint density at radius 3 is 2.36 bits per heavy atom. The van der Waals surface area contributed by atoms with Crippen molar-refractivity contribution in [3.63, 3.8) is 0 Å². The van der Waals surface area contributed by atoms with Crippen molar-refractivity contribution in [3.05, 3.63) is 0 Å². The van der Waals surface area contributed by atoms with Crippen molar-refractivity contribution >= 4 is 6.16 Å². The van der Waals surface area contributed by atoms with Gasteiger partial charge in [-0.1, -0.05) is 0 Å². The predicted molar refractivity (Wildman–Crippen MR) is 26.9 cm³/mol. The lowest BCUT2D eigenvalue weighted by molar-refractivity contribution is -0.122. The van der Waals surface area contributed by atoms with E-state index in [1.165, 1.54) is 0 Å². The summed E-state index contributed by atoms with van der Waals surface area (Å²) >= 11 is 0. The Balaban J connectivity index is 2.74. The van der Waals surface area contributed by atoms with Crippen LogP contribution in [0.1, 0.15) is 6.92 Å². The van der Waals surface area contributed by atoms with E-state index in [9.17, 15) is 18.0 Å². The largest absolute Gasteiger partial charge is 0.511 e. The number of ether oxygens (including phenoxy) is 2. The van der Waals surface area contributed by atoms with Crippen molar-refractivity contribution in [2.75, 3.05) is 0 Å². The zero-order valence-electron chi connectivity index (χ0n) is 5.51. The molecule has 0 saturated carbocycles. The Morgan fingerprint density at radius 2 is 2.18 bits per heavy atom. The molecule has 11 heavy (non-hydrogen) atoms. The van der Waals surface area contributed by atoms with Crippen LogP contribution in [0.25, 0.3) is 0 Å². The lowest BCUT2D eigenvalue weighted by Crippen LogP contribution is -2.36. The quantitative estimate of drug-likeness (QED) is 0.559. The molecule has 6 heteroatoms. The maximum atomic E-state index is 12.7. The molecule has 0 N–H and O–H groups in total.